The highest BCUT2D eigenvalue weighted by Gasteiger charge is 1.96. The summed E-state index contributed by atoms with van der Waals surface area (Å²) in [5.74, 6) is 0. The first-order chi connectivity index (χ1) is 8.91. The van der Waals surface area contributed by atoms with Crippen LogP contribution >= 0.6 is 0 Å². The van der Waals surface area contributed by atoms with Gasteiger partial charge in [-0.05, 0) is 42.2 Å². The second-order valence-corrected chi connectivity index (χ2v) is 2.02. The molecule has 0 bridgehead atoms. The van der Waals surface area contributed by atoms with E-state index in [1.165, 1.54) is 0 Å². The summed E-state index contributed by atoms with van der Waals surface area (Å²) in [6, 6.07) is 0. The van der Waals surface area contributed by atoms with Crippen molar-refractivity contribution < 1.29 is 59.6 Å². The minimum atomic E-state index is -0.389. The molecule has 0 aliphatic rings. The third-order valence-corrected chi connectivity index (χ3v) is 0.978. The van der Waals surface area contributed by atoms with Gasteiger partial charge in [0.15, 0.2) is 0 Å². The van der Waals surface area contributed by atoms with Gasteiger partial charge in [-0.1, -0.05) is 0 Å². The van der Waals surface area contributed by atoms with E-state index in [1.54, 1.807) is 0 Å². The van der Waals surface area contributed by atoms with Crippen LogP contribution in [-0.2, 0) is 59.6 Å². The van der Waals surface area contributed by atoms with E-state index in [0.717, 1.165) is 7.11 Å². The van der Waals surface area contributed by atoms with Crippen LogP contribution in [0.2, 0.25) is 0 Å². The molecule has 0 N–H and O–H groups in total. The van der Waals surface area contributed by atoms with Crippen molar-refractivity contribution in [2.24, 2.45) is 0 Å². The molecule has 0 unspecified atom stereocenters. The van der Waals surface area contributed by atoms with Crippen molar-refractivity contribution in [1.82, 2.24) is 0 Å². The molecule has 12 nitrogen and oxygen atoms in total. The normalized spacial score (nSPS) is 11.0. The minimum Gasteiger partial charge on any atom is -0.379 e. The molecule has 0 fully saturated rings. The predicted molar refractivity (Wildman–Crippen MR) is 44.1 cm³/mol. The van der Waals surface area contributed by atoms with Crippen molar-refractivity contribution >= 4 is 0 Å². The lowest BCUT2D eigenvalue weighted by atomic mass is 10.7. The molecule has 0 aromatic carbocycles. The van der Waals surface area contributed by atoms with Gasteiger partial charge < -0.3 is 4.74 Å². The zero-order valence-electron chi connectivity index (χ0n) is 9.73. The molecular weight excluding hydrogens is 264 g/mol. The van der Waals surface area contributed by atoms with Crippen molar-refractivity contribution in [3.05, 3.63) is 0 Å². The summed E-state index contributed by atoms with van der Waals surface area (Å²) in [6.45, 7) is 2.69. The monoisotopic (exact) mass is 278 g/mol. The maximum Gasteiger partial charge on any atom is 0.217 e. The number of hydrogen-bond acceptors (Lipinski definition) is 12. The van der Waals surface area contributed by atoms with E-state index in [1.807, 2.05) is 6.92 Å². The molecule has 0 radical (unpaired) electrons. The molecule has 0 heterocycles. The second-order valence-electron chi connectivity index (χ2n) is 2.02. The summed E-state index contributed by atoms with van der Waals surface area (Å²) in [6.07, 6.45) is 0. The summed E-state index contributed by atoms with van der Waals surface area (Å²) in [5.41, 5.74) is 0. The van der Waals surface area contributed by atoms with Gasteiger partial charge in [-0.3, -0.25) is 0 Å². The van der Waals surface area contributed by atoms with Crippen LogP contribution in [0.25, 0.3) is 0 Å². The smallest absolute Gasteiger partial charge is 0.217 e. The Morgan fingerprint density at radius 3 is 2.00 bits per heavy atom. The Balaban J connectivity index is 2.86. The van der Waals surface area contributed by atoms with Gasteiger partial charge in [0.1, 0.15) is 6.61 Å². The van der Waals surface area contributed by atoms with Gasteiger partial charge in [0.25, 0.3) is 0 Å². The third kappa shape index (κ3) is 15.5. The van der Waals surface area contributed by atoms with E-state index in [4.69, 9.17) is 4.74 Å². The molecule has 0 aromatic rings. The lowest BCUT2D eigenvalue weighted by Crippen LogP contribution is -2.08. The fourth-order valence-corrected chi connectivity index (χ4v) is 0.474. The van der Waals surface area contributed by atoms with Crippen LogP contribution in [0, 0.1) is 0 Å². The Labute approximate surface area is 101 Å². The van der Waals surface area contributed by atoms with Gasteiger partial charge in [-0.15, -0.1) is 0 Å². The van der Waals surface area contributed by atoms with Crippen LogP contribution in [-0.4, -0.2) is 33.7 Å². The van der Waals surface area contributed by atoms with Crippen molar-refractivity contribution in [2.45, 2.75) is 6.92 Å². The maximum atomic E-state index is 4.95. The molecule has 0 aliphatic heterocycles. The van der Waals surface area contributed by atoms with Gasteiger partial charge in [0, 0.05) is 6.61 Å². The lowest BCUT2D eigenvalue weighted by molar-refractivity contribution is -0.832. The quantitative estimate of drug-likeness (QED) is 0.174. The SMILES string of the molecule is CCOCCOOCOOOOOOOOOC. The number of rotatable bonds is 15. The summed E-state index contributed by atoms with van der Waals surface area (Å²) >= 11 is 0. The average Bonchev–Trinajstić information content (AvgIpc) is 2.39. The van der Waals surface area contributed by atoms with E-state index in [-0.39, 0.29) is 13.4 Å². The Bertz CT molecular complexity index is 129. The molecule has 110 valence electrons. The van der Waals surface area contributed by atoms with Gasteiger partial charge in [-0.2, -0.15) is 4.89 Å². The summed E-state index contributed by atoms with van der Waals surface area (Å²) in [5, 5.41) is 26.0. The fourth-order valence-electron chi connectivity index (χ4n) is 0.474. The molecule has 18 heavy (non-hydrogen) atoms. The lowest BCUT2D eigenvalue weighted by Gasteiger charge is -2.03. The van der Waals surface area contributed by atoms with Gasteiger partial charge in [-0.25, -0.2) is 14.7 Å². The highest BCUT2D eigenvalue weighted by molar-refractivity contribution is 4.20. The molecule has 0 aliphatic carbocycles. The van der Waals surface area contributed by atoms with E-state index in [0.29, 0.717) is 13.2 Å². The molecular formula is C6H14O12. The molecule has 0 saturated carbocycles. The molecule has 0 atom stereocenters. The summed E-state index contributed by atoms with van der Waals surface area (Å²) < 4.78 is 4.95. The Morgan fingerprint density at radius 1 is 0.667 bits per heavy atom. The Kier molecular flexibility index (Phi) is 16.1. The molecule has 12 heteroatoms. The second kappa shape index (κ2) is 16.5. The zero-order valence-corrected chi connectivity index (χ0v) is 9.73. The van der Waals surface area contributed by atoms with Crippen LogP contribution in [0.3, 0.4) is 0 Å². The first-order valence-electron chi connectivity index (χ1n) is 4.56. The van der Waals surface area contributed by atoms with E-state index >= 15 is 0 Å². The maximum absolute atomic E-state index is 4.95. The Hall–Kier alpha value is -0.480. The van der Waals surface area contributed by atoms with Crippen molar-refractivity contribution in [3.63, 3.8) is 0 Å². The highest BCUT2D eigenvalue weighted by atomic mass is 17.9. The van der Waals surface area contributed by atoms with Crippen LogP contribution in [0.5, 0.6) is 0 Å². The van der Waals surface area contributed by atoms with Crippen LogP contribution in [0.1, 0.15) is 6.92 Å². The number of hydrogen-bond donors (Lipinski definition) is 0. The largest absolute Gasteiger partial charge is 0.379 e. The fraction of sp³-hybridized carbons (Fsp3) is 1.00. The van der Waals surface area contributed by atoms with Gasteiger partial charge in [0.2, 0.25) is 6.79 Å². The van der Waals surface area contributed by atoms with Gasteiger partial charge >= 0.3 is 0 Å². The average molecular weight is 278 g/mol. The minimum absolute atomic E-state index is 0.238. The third-order valence-electron chi connectivity index (χ3n) is 0.978. The predicted octanol–water partition coefficient (Wildman–Crippen LogP) is 0.0278. The molecule has 0 saturated heterocycles. The first-order valence-corrected chi connectivity index (χ1v) is 4.56. The molecule has 0 rings (SSSR count). The van der Waals surface area contributed by atoms with E-state index in [2.05, 4.69) is 54.8 Å². The van der Waals surface area contributed by atoms with Gasteiger partial charge in [0.05, 0.1) is 13.7 Å². The van der Waals surface area contributed by atoms with Crippen molar-refractivity contribution in [2.75, 3.05) is 33.7 Å². The highest BCUT2D eigenvalue weighted by Crippen LogP contribution is 1.90. The van der Waals surface area contributed by atoms with E-state index < -0.39 is 0 Å². The van der Waals surface area contributed by atoms with Crippen LogP contribution < -0.4 is 0 Å². The van der Waals surface area contributed by atoms with Crippen molar-refractivity contribution in [3.8, 4) is 0 Å². The molecule has 0 spiro atoms. The summed E-state index contributed by atoms with van der Waals surface area (Å²) in [4.78, 5) is 17.1. The van der Waals surface area contributed by atoms with E-state index in [9.17, 15) is 0 Å². The zero-order chi connectivity index (χ0) is 13.3. The standard InChI is InChI=1S/C6H14O12/c1-3-8-4-5-9-10-6-11-13-15-17-18-16-14-12-7-2/h3-6H2,1-2H3. The van der Waals surface area contributed by atoms with Crippen molar-refractivity contribution in [1.29, 1.82) is 0 Å². The first kappa shape index (κ1) is 17.5. The number of ether oxygens (including phenoxy) is 1. The topological polar surface area (TPSA) is 111 Å². The Morgan fingerprint density at radius 2 is 1.33 bits per heavy atom. The van der Waals surface area contributed by atoms with Crippen LogP contribution in [0.4, 0.5) is 0 Å². The molecule has 0 amide bonds. The van der Waals surface area contributed by atoms with Crippen LogP contribution in [0.15, 0.2) is 0 Å². The molecule has 0 aromatic heterocycles. The summed E-state index contributed by atoms with van der Waals surface area (Å²) in [7, 11) is 1.16.